The molecule has 0 aliphatic carbocycles. The Kier molecular flexibility index (Phi) is 3.14. The Morgan fingerprint density at radius 3 is 2.38 bits per heavy atom. The lowest BCUT2D eigenvalue weighted by Gasteiger charge is -2.44. The molecule has 13 heavy (non-hydrogen) atoms. The molecule has 0 aromatic carbocycles. The number of halogens is 3. The van der Waals surface area contributed by atoms with Crippen LogP contribution in [0.2, 0.25) is 0 Å². The molecule has 0 unspecified atom stereocenters. The van der Waals surface area contributed by atoms with E-state index in [1.165, 1.54) is 0 Å². The average Bonchev–Trinajstić information content (AvgIpc) is 1.79. The van der Waals surface area contributed by atoms with Crippen LogP contribution in [0, 0.1) is 0 Å². The number of thioether (sulfide) groups is 1. The minimum Gasteiger partial charge on any atom is -0.388 e. The van der Waals surface area contributed by atoms with Crippen LogP contribution in [0.3, 0.4) is 0 Å². The van der Waals surface area contributed by atoms with Crippen molar-refractivity contribution in [3.05, 3.63) is 0 Å². The van der Waals surface area contributed by atoms with Gasteiger partial charge in [-0.1, -0.05) is 0 Å². The summed E-state index contributed by atoms with van der Waals surface area (Å²) in [7, 11) is 0. The van der Waals surface area contributed by atoms with Gasteiger partial charge in [-0.05, 0) is 18.7 Å². The largest absolute Gasteiger partial charge is 0.441 e. The van der Waals surface area contributed by atoms with E-state index in [0.717, 1.165) is 0 Å². The van der Waals surface area contributed by atoms with E-state index in [0.29, 0.717) is 19.6 Å². The van der Waals surface area contributed by atoms with Crippen LogP contribution >= 0.6 is 11.8 Å². The average molecular weight is 215 g/mol. The molecule has 1 heterocycles. The summed E-state index contributed by atoms with van der Waals surface area (Å²) in [5.41, 5.74) is -4.82. The van der Waals surface area contributed by atoms with Crippen molar-refractivity contribution < 1.29 is 18.3 Å². The van der Waals surface area contributed by atoms with Crippen LogP contribution in [-0.4, -0.2) is 46.5 Å². The summed E-state index contributed by atoms with van der Waals surface area (Å²) < 4.78 is 35.0. The molecule has 1 N–H and O–H groups in total. The molecule has 6 heteroatoms. The maximum Gasteiger partial charge on any atom is 0.441 e. The Morgan fingerprint density at radius 2 is 2.00 bits per heavy atom. The van der Waals surface area contributed by atoms with Crippen molar-refractivity contribution in [2.45, 2.75) is 18.0 Å². The van der Waals surface area contributed by atoms with E-state index >= 15 is 0 Å². The number of aliphatic hydroxyl groups is 1. The number of β-amino-alcohol motifs (C(OH)–C–C–N with tert-alkyl or cyclic N) is 1. The predicted octanol–water partition coefficient (Wildman–Crippen LogP) is 1.31. The Bertz CT molecular complexity index is 175. The smallest absolute Gasteiger partial charge is 0.388 e. The van der Waals surface area contributed by atoms with Crippen molar-refractivity contribution in [3.63, 3.8) is 0 Å². The monoisotopic (exact) mass is 215 g/mol. The summed E-state index contributed by atoms with van der Waals surface area (Å²) >= 11 is -0.0120. The van der Waals surface area contributed by atoms with Crippen molar-refractivity contribution in [3.8, 4) is 0 Å². The highest BCUT2D eigenvalue weighted by atomic mass is 32.2. The summed E-state index contributed by atoms with van der Waals surface area (Å²) in [5.74, 6) is 0.0413. The van der Waals surface area contributed by atoms with Gasteiger partial charge < -0.3 is 5.11 Å². The molecule has 0 radical (unpaired) electrons. The molecule has 1 aliphatic heterocycles. The van der Waals surface area contributed by atoms with E-state index in [2.05, 4.69) is 0 Å². The molecule has 0 spiro atoms. The molecule has 0 aromatic heterocycles. The summed E-state index contributed by atoms with van der Waals surface area (Å²) in [6.45, 7) is 3.03. The van der Waals surface area contributed by atoms with E-state index in [1.807, 2.05) is 0 Å². The first-order valence-electron chi connectivity index (χ1n) is 3.94. The molecule has 1 saturated heterocycles. The first-order valence-corrected chi connectivity index (χ1v) is 4.92. The van der Waals surface area contributed by atoms with Gasteiger partial charge in [-0.3, -0.25) is 4.90 Å². The standard InChI is InChI=1S/C7H12F3NOS/c1-6(12)4-11(5-6)2-3-13-7(8,9)10/h12H,2-5H2,1H3. The highest BCUT2D eigenvalue weighted by Gasteiger charge is 2.36. The third-order valence-corrected chi connectivity index (χ3v) is 2.52. The van der Waals surface area contributed by atoms with Crippen LogP contribution in [0.15, 0.2) is 0 Å². The van der Waals surface area contributed by atoms with Crippen LogP contribution in [0.25, 0.3) is 0 Å². The van der Waals surface area contributed by atoms with Gasteiger partial charge in [-0.15, -0.1) is 0 Å². The fourth-order valence-corrected chi connectivity index (χ4v) is 1.95. The van der Waals surface area contributed by atoms with E-state index in [9.17, 15) is 18.3 Å². The van der Waals surface area contributed by atoms with Gasteiger partial charge in [0.1, 0.15) is 0 Å². The molecule has 1 fully saturated rings. The lowest BCUT2D eigenvalue weighted by atomic mass is 9.97. The van der Waals surface area contributed by atoms with Crippen LogP contribution in [0.5, 0.6) is 0 Å². The third-order valence-electron chi connectivity index (χ3n) is 1.80. The molecular weight excluding hydrogens is 203 g/mol. The zero-order valence-electron chi connectivity index (χ0n) is 7.26. The van der Waals surface area contributed by atoms with Crippen LogP contribution in [-0.2, 0) is 0 Å². The second-order valence-corrected chi connectivity index (χ2v) is 4.66. The molecule has 1 aliphatic rings. The topological polar surface area (TPSA) is 23.5 Å². The Balaban J connectivity index is 2.03. The van der Waals surface area contributed by atoms with E-state index in [4.69, 9.17) is 0 Å². The Hall–Kier alpha value is 0.0600. The van der Waals surface area contributed by atoms with Gasteiger partial charge in [0, 0.05) is 25.4 Å². The second-order valence-electron chi connectivity index (χ2n) is 3.50. The van der Waals surface area contributed by atoms with Gasteiger partial charge >= 0.3 is 5.51 Å². The molecule has 0 atom stereocenters. The Morgan fingerprint density at radius 1 is 1.46 bits per heavy atom. The van der Waals surface area contributed by atoms with Gasteiger partial charge in [-0.25, -0.2) is 0 Å². The van der Waals surface area contributed by atoms with Crippen molar-refractivity contribution >= 4 is 11.8 Å². The molecule has 1 rings (SSSR count). The Labute approximate surface area is 79.1 Å². The van der Waals surface area contributed by atoms with Gasteiger partial charge in [0.15, 0.2) is 0 Å². The minimum absolute atomic E-state index is 0.0120. The molecule has 78 valence electrons. The number of hydrogen-bond acceptors (Lipinski definition) is 3. The molecular formula is C7H12F3NOS. The summed E-state index contributed by atoms with van der Waals surface area (Å²) in [4.78, 5) is 1.80. The fraction of sp³-hybridized carbons (Fsp3) is 1.00. The molecule has 0 amide bonds. The van der Waals surface area contributed by atoms with Gasteiger partial charge in [-0.2, -0.15) is 13.2 Å². The number of nitrogens with zero attached hydrogens (tertiary/aromatic N) is 1. The van der Waals surface area contributed by atoms with Crippen LogP contribution < -0.4 is 0 Å². The van der Waals surface area contributed by atoms with Crippen molar-refractivity contribution in [1.29, 1.82) is 0 Å². The first kappa shape index (κ1) is 11.1. The van der Waals surface area contributed by atoms with Crippen molar-refractivity contribution in [2.75, 3.05) is 25.4 Å². The molecule has 0 saturated carbocycles. The quantitative estimate of drug-likeness (QED) is 0.767. The third kappa shape index (κ3) is 4.19. The normalized spacial score (nSPS) is 22.8. The minimum atomic E-state index is -4.13. The van der Waals surface area contributed by atoms with Crippen molar-refractivity contribution in [1.82, 2.24) is 4.90 Å². The van der Waals surface area contributed by atoms with Crippen LogP contribution in [0.1, 0.15) is 6.92 Å². The highest BCUT2D eigenvalue weighted by molar-refractivity contribution is 8.00. The summed E-state index contributed by atoms with van der Waals surface area (Å²) in [5, 5.41) is 9.27. The summed E-state index contributed by atoms with van der Waals surface area (Å²) in [6.07, 6.45) is 0. The second kappa shape index (κ2) is 3.67. The number of alkyl halides is 3. The number of hydrogen-bond donors (Lipinski definition) is 1. The number of likely N-dealkylation sites (tertiary alicyclic amines) is 1. The van der Waals surface area contributed by atoms with E-state index in [1.54, 1.807) is 11.8 Å². The lowest BCUT2D eigenvalue weighted by molar-refractivity contribution is -0.0804. The van der Waals surface area contributed by atoms with Gasteiger partial charge in [0.05, 0.1) is 5.60 Å². The van der Waals surface area contributed by atoms with Gasteiger partial charge in [0.25, 0.3) is 0 Å². The first-order chi connectivity index (χ1) is 5.79. The fourth-order valence-electron chi connectivity index (χ4n) is 1.37. The van der Waals surface area contributed by atoms with Gasteiger partial charge in [0.2, 0.25) is 0 Å². The van der Waals surface area contributed by atoms with Crippen molar-refractivity contribution in [2.24, 2.45) is 0 Å². The number of rotatable bonds is 3. The van der Waals surface area contributed by atoms with E-state index < -0.39 is 11.1 Å². The molecule has 2 nitrogen and oxygen atoms in total. The molecule has 0 aromatic rings. The summed E-state index contributed by atoms with van der Waals surface area (Å²) in [6, 6.07) is 0. The predicted molar refractivity (Wildman–Crippen MR) is 45.6 cm³/mol. The van der Waals surface area contributed by atoms with Crippen LogP contribution in [0.4, 0.5) is 13.2 Å². The highest BCUT2D eigenvalue weighted by Crippen LogP contribution is 2.30. The SMILES string of the molecule is CC1(O)CN(CCSC(F)(F)F)C1. The zero-order chi connectivity index (χ0) is 10.1. The lowest BCUT2D eigenvalue weighted by Crippen LogP contribution is -2.60. The maximum atomic E-state index is 11.7. The van der Waals surface area contributed by atoms with E-state index in [-0.39, 0.29) is 17.5 Å². The zero-order valence-corrected chi connectivity index (χ0v) is 8.08. The molecule has 0 bridgehead atoms. The maximum absolute atomic E-state index is 11.7.